The monoisotopic (exact) mass is 435 g/mol. The molecule has 0 radical (unpaired) electrons. The normalized spacial score (nSPS) is 11.2. The van der Waals surface area contributed by atoms with E-state index in [0.29, 0.717) is 6.42 Å². The quantitative estimate of drug-likeness (QED) is 0.349. The number of ether oxygens (including phenoxy) is 1. The number of rotatable bonds is 9. The maximum Gasteiger partial charge on any atom is 0.387 e. The number of aromatic nitrogens is 1. The molecule has 0 bridgehead atoms. The van der Waals surface area contributed by atoms with Crippen molar-refractivity contribution >= 4 is 16.9 Å². The third kappa shape index (κ3) is 5.14. The zero-order chi connectivity index (χ0) is 22.5. The Morgan fingerprint density at radius 1 is 0.906 bits per heavy atom. The fourth-order valence-corrected chi connectivity index (χ4v) is 3.90. The molecule has 1 aromatic heterocycles. The van der Waals surface area contributed by atoms with Gasteiger partial charge in [-0.2, -0.15) is 8.78 Å². The molecule has 4 aromatic rings. The summed E-state index contributed by atoms with van der Waals surface area (Å²) in [6.07, 6.45) is 4.19. The van der Waals surface area contributed by atoms with E-state index < -0.39 is 12.6 Å². The van der Waals surface area contributed by atoms with Crippen molar-refractivity contribution in [2.45, 2.75) is 32.3 Å². The van der Waals surface area contributed by atoms with Gasteiger partial charge in [-0.15, -0.1) is 0 Å². The van der Waals surface area contributed by atoms with Crippen LogP contribution in [0.3, 0.4) is 0 Å². The Balaban J connectivity index is 1.73. The van der Waals surface area contributed by atoms with Gasteiger partial charge >= 0.3 is 12.6 Å². The largest absolute Gasteiger partial charge is 0.481 e. The summed E-state index contributed by atoms with van der Waals surface area (Å²) >= 11 is 0. The predicted octanol–water partition coefficient (Wildman–Crippen LogP) is 6.03. The molecule has 0 spiro atoms. The number of alkyl halides is 2. The summed E-state index contributed by atoms with van der Waals surface area (Å²) in [5.41, 5.74) is 4.94. The minimum absolute atomic E-state index is 0.0680. The number of hydrogen-bond donors (Lipinski definition) is 1. The van der Waals surface area contributed by atoms with E-state index in [2.05, 4.69) is 16.9 Å². The van der Waals surface area contributed by atoms with E-state index in [1.165, 1.54) is 11.6 Å². The van der Waals surface area contributed by atoms with E-state index >= 15 is 0 Å². The van der Waals surface area contributed by atoms with Crippen molar-refractivity contribution in [2.75, 3.05) is 0 Å². The first-order chi connectivity index (χ1) is 15.5. The lowest BCUT2D eigenvalue weighted by atomic mass is 10.0. The number of benzene rings is 3. The number of aryl methyl sites for hydroxylation is 3. The zero-order valence-electron chi connectivity index (χ0n) is 17.4. The van der Waals surface area contributed by atoms with E-state index in [1.807, 2.05) is 53.2 Å². The van der Waals surface area contributed by atoms with Crippen LogP contribution in [0.1, 0.15) is 23.1 Å². The van der Waals surface area contributed by atoms with E-state index in [0.717, 1.165) is 40.6 Å². The average Bonchev–Trinajstić information content (AvgIpc) is 3.15. The Morgan fingerprint density at radius 3 is 2.47 bits per heavy atom. The van der Waals surface area contributed by atoms with Gasteiger partial charge in [0.1, 0.15) is 5.75 Å². The third-order valence-electron chi connectivity index (χ3n) is 5.43. The van der Waals surface area contributed by atoms with Crippen LogP contribution in [0.25, 0.3) is 16.6 Å². The second-order valence-corrected chi connectivity index (χ2v) is 7.63. The first kappa shape index (κ1) is 21.6. The van der Waals surface area contributed by atoms with Crippen LogP contribution in [0.2, 0.25) is 0 Å². The summed E-state index contributed by atoms with van der Waals surface area (Å²) in [6.45, 7) is -2.88. The Kier molecular flexibility index (Phi) is 6.50. The molecule has 3 aromatic carbocycles. The number of hydrogen-bond acceptors (Lipinski definition) is 2. The van der Waals surface area contributed by atoms with E-state index in [1.54, 1.807) is 12.1 Å². The minimum Gasteiger partial charge on any atom is -0.481 e. The molecular formula is C26H23F2NO3. The van der Waals surface area contributed by atoms with Gasteiger partial charge in [0.15, 0.2) is 0 Å². The van der Waals surface area contributed by atoms with Crippen molar-refractivity contribution in [3.05, 3.63) is 95.7 Å². The smallest absolute Gasteiger partial charge is 0.387 e. The van der Waals surface area contributed by atoms with Gasteiger partial charge in [0.2, 0.25) is 0 Å². The highest BCUT2D eigenvalue weighted by atomic mass is 19.3. The average molecular weight is 435 g/mol. The maximum absolute atomic E-state index is 12.7. The van der Waals surface area contributed by atoms with Crippen LogP contribution in [0, 0.1) is 0 Å². The molecule has 4 rings (SSSR count). The van der Waals surface area contributed by atoms with Gasteiger partial charge in [-0.05, 0) is 60.2 Å². The highest BCUT2D eigenvalue weighted by Crippen LogP contribution is 2.29. The van der Waals surface area contributed by atoms with Crippen molar-refractivity contribution in [1.82, 2.24) is 4.57 Å². The number of halogens is 2. The Hall–Kier alpha value is -3.67. The van der Waals surface area contributed by atoms with Crippen LogP contribution in [-0.2, 0) is 24.1 Å². The summed E-state index contributed by atoms with van der Waals surface area (Å²) in [7, 11) is 0. The molecule has 0 aliphatic carbocycles. The van der Waals surface area contributed by atoms with Crippen LogP contribution in [0.15, 0.2) is 79.0 Å². The van der Waals surface area contributed by atoms with Crippen LogP contribution in [-0.4, -0.2) is 22.3 Å². The van der Waals surface area contributed by atoms with Gasteiger partial charge in [-0.25, -0.2) is 0 Å². The van der Waals surface area contributed by atoms with E-state index in [9.17, 15) is 13.6 Å². The molecular weight excluding hydrogens is 412 g/mol. The number of fused-ring (bicyclic) bond motifs is 1. The van der Waals surface area contributed by atoms with Crippen molar-refractivity contribution in [3.63, 3.8) is 0 Å². The van der Waals surface area contributed by atoms with E-state index in [-0.39, 0.29) is 12.2 Å². The first-order valence-electron chi connectivity index (χ1n) is 10.4. The van der Waals surface area contributed by atoms with Crippen LogP contribution in [0.4, 0.5) is 8.78 Å². The van der Waals surface area contributed by atoms with Gasteiger partial charge in [0.05, 0.1) is 5.52 Å². The van der Waals surface area contributed by atoms with Crippen molar-refractivity contribution in [1.29, 1.82) is 0 Å². The molecule has 4 nitrogen and oxygen atoms in total. The molecule has 0 atom stereocenters. The lowest BCUT2D eigenvalue weighted by molar-refractivity contribution is -0.136. The topological polar surface area (TPSA) is 51.5 Å². The molecule has 0 aliphatic rings. The molecule has 1 heterocycles. The molecule has 0 fully saturated rings. The van der Waals surface area contributed by atoms with Crippen molar-refractivity contribution in [3.8, 4) is 11.4 Å². The lowest BCUT2D eigenvalue weighted by Crippen LogP contribution is -2.02. The number of carboxylic acid groups (broad SMARTS) is 1. The summed E-state index contributed by atoms with van der Waals surface area (Å²) in [5.74, 6) is -0.730. The van der Waals surface area contributed by atoms with Gasteiger partial charge in [0, 0.05) is 29.8 Å². The molecule has 0 aliphatic heterocycles. The Labute approximate surface area is 184 Å². The molecule has 0 unspecified atom stereocenters. The van der Waals surface area contributed by atoms with Gasteiger partial charge in [0.25, 0.3) is 0 Å². The number of carbonyl (C=O) groups is 1. The highest BCUT2D eigenvalue weighted by Gasteiger charge is 2.13. The van der Waals surface area contributed by atoms with Gasteiger partial charge < -0.3 is 14.4 Å². The summed E-state index contributed by atoms with van der Waals surface area (Å²) in [5, 5.41) is 10.1. The van der Waals surface area contributed by atoms with Crippen LogP contribution < -0.4 is 4.74 Å². The summed E-state index contributed by atoms with van der Waals surface area (Å²) in [6, 6.07) is 22.7. The van der Waals surface area contributed by atoms with Crippen LogP contribution in [0.5, 0.6) is 5.75 Å². The first-order valence-corrected chi connectivity index (χ1v) is 10.4. The molecule has 164 valence electrons. The van der Waals surface area contributed by atoms with Crippen LogP contribution >= 0.6 is 0 Å². The second-order valence-electron chi connectivity index (χ2n) is 7.63. The number of nitrogens with zero attached hydrogens (tertiary/aromatic N) is 1. The van der Waals surface area contributed by atoms with Gasteiger partial charge in [-0.3, -0.25) is 4.79 Å². The number of carboxylic acids is 1. The fraction of sp³-hybridized carbons (Fsp3) is 0.192. The highest BCUT2D eigenvalue weighted by molar-refractivity contribution is 5.86. The number of aliphatic carboxylic acids is 1. The summed E-state index contributed by atoms with van der Waals surface area (Å²) in [4.78, 5) is 11.0. The fourth-order valence-electron chi connectivity index (χ4n) is 3.90. The van der Waals surface area contributed by atoms with Crippen molar-refractivity contribution < 1.29 is 23.4 Å². The molecule has 0 amide bonds. The Morgan fingerprint density at radius 2 is 1.72 bits per heavy atom. The second kappa shape index (κ2) is 9.64. The van der Waals surface area contributed by atoms with Crippen molar-refractivity contribution in [2.24, 2.45) is 0 Å². The SMILES string of the molecule is O=C(O)CCc1ccc2c(c1)c(CCc1ccccc1)cn2-c1cccc(OC(F)F)c1. The molecule has 1 N–H and O–H groups in total. The van der Waals surface area contributed by atoms with Gasteiger partial charge in [-0.1, -0.05) is 42.5 Å². The molecule has 0 saturated heterocycles. The van der Waals surface area contributed by atoms with E-state index in [4.69, 9.17) is 5.11 Å². The zero-order valence-corrected chi connectivity index (χ0v) is 17.4. The molecule has 32 heavy (non-hydrogen) atoms. The lowest BCUT2D eigenvalue weighted by Gasteiger charge is -2.09. The standard InChI is InChI=1S/C26H23F2NO3/c27-26(28)32-22-8-4-7-21(16-22)29-17-20(12-9-18-5-2-1-3-6-18)23-15-19(10-13-24(23)29)11-14-25(30)31/h1-8,10,13,15-17,26H,9,11-12,14H2,(H,30,31). The minimum atomic E-state index is -2.88. The maximum atomic E-state index is 12.7. The predicted molar refractivity (Wildman–Crippen MR) is 120 cm³/mol. The molecule has 6 heteroatoms. The Bertz CT molecular complexity index is 1220. The molecule has 0 saturated carbocycles. The summed E-state index contributed by atoms with van der Waals surface area (Å²) < 4.78 is 31.9. The third-order valence-corrected chi connectivity index (χ3v) is 5.43.